The third-order valence-electron chi connectivity index (χ3n) is 3.77. The molecule has 0 saturated carbocycles. The van der Waals surface area contributed by atoms with Crippen LogP contribution in [0.3, 0.4) is 0 Å². The molecule has 0 aliphatic heterocycles. The first-order chi connectivity index (χ1) is 12.5. The van der Waals surface area contributed by atoms with Gasteiger partial charge in [-0.2, -0.15) is 0 Å². The van der Waals surface area contributed by atoms with E-state index in [1.165, 1.54) is 0 Å². The van der Waals surface area contributed by atoms with Crippen LogP contribution in [0.5, 0.6) is 0 Å². The highest BCUT2D eigenvalue weighted by molar-refractivity contribution is 5.98. The number of imidazole rings is 1. The number of hydrogen-bond acceptors (Lipinski definition) is 5. The van der Waals surface area contributed by atoms with Crippen molar-refractivity contribution in [1.29, 1.82) is 0 Å². The van der Waals surface area contributed by atoms with Crippen molar-refractivity contribution in [1.82, 2.24) is 9.55 Å². The number of ether oxygens (including phenoxy) is 2. The number of benzene rings is 1. The first kappa shape index (κ1) is 19.4. The second kappa shape index (κ2) is 9.56. The summed E-state index contributed by atoms with van der Waals surface area (Å²) in [4.78, 5) is 28.4. The van der Waals surface area contributed by atoms with Gasteiger partial charge in [-0.1, -0.05) is 30.3 Å². The number of nitrogens with zero attached hydrogens (tertiary/aromatic N) is 2. The van der Waals surface area contributed by atoms with Crippen LogP contribution in [0.2, 0.25) is 0 Å². The summed E-state index contributed by atoms with van der Waals surface area (Å²) >= 11 is 0. The molecule has 1 heterocycles. The van der Waals surface area contributed by atoms with Crippen molar-refractivity contribution in [2.75, 3.05) is 13.2 Å². The number of esters is 2. The Morgan fingerprint density at radius 1 is 1.12 bits per heavy atom. The van der Waals surface area contributed by atoms with Gasteiger partial charge >= 0.3 is 11.9 Å². The molecule has 0 bridgehead atoms. The van der Waals surface area contributed by atoms with Crippen LogP contribution in [0.4, 0.5) is 0 Å². The number of aromatic nitrogens is 2. The van der Waals surface area contributed by atoms with Crippen LogP contribution in [0, 0.1) is 6.92 Å². The fraction of sp³-hybridized carbons (Fsp3) is 0.350. The fourth-order valence-corrected chi connectivity index (χ4v) is 2.52. The molecule has 1 aromatic carbocycles. The Morgan fingerprint density at radius 3 is 2.46 bits per heavy atom. The van der Waals surface area contributed by atoms with Gasteiger partial charge < -0.3 is 14.0 Å². The predicted octanol–water partition coefficient (Wildman–Crippen LogP) is 3.14. The van der Waals surface area contributed by atoms with E-state index in [2.05, 4.69) is 4.98 Å². The molecule has 2 rings (SSSR count). The Bertz CT molecular complexity index is 778. The molecular weight excluding hydrogens is 332 g/mol. The van der Waals surface area contributed by atoms with E-state index >= 15 is 0 Å². The normalized spacial score (nSPS) is 11.3. The van der Waals surface area contributed by atoms with Gasteiger partial charge in [-0.3, -0.25) is 4.79 Å². The molecule has 0 aliphatic rings. The lowest BCUT2D eigenvalue weighted by atomic mass is 10.1. The van der Waals surface area contributed by atoms with Crippen LogP contribution < -0.4 is 0 Å². The van der Waals surface area contributed by atoms with Crippen molar-refractivity contribution in [3.05, 3.63) is 59.2 Å². The lowest BCUT2D eigenvalue weighted by Crippen LogP contribution is -2.14. The molecule has 1 aromatic heterocycles. The molecule has 0 N–H and O–H groups in total. The molecule has 0 fully saturated rings. The van der Waals surface area contributed by atoms with Gasteiger partial charge in [-0.15, -0.1) is 0 Å². The molecule has 0 amide bonds. The predicted molar refractivity (Wildman–Crippen MR) is 98.4 cm³/mol. The summed E-state index contributed by atoms with van der Waals surface area (Å²) in [5.41, 5.74) is 2.10. The monoisotopic (exact) mass is 356 g/mol. The maximum Gasteiger partial charge on any atom is 0.334 e. The highest BCUT2D eigenvalue weighted by Crippen LogP contribution is 2.16. The molecule has 0 radical (unpaired) electrons. The molecule has 6 nitrogen and oxygen atoms in total. The first-order valence-electron chi connectivity index (χ1n) is 8.64. The Morgan fingerprint density at radius 2 is 1.81 bits per heavy atom. The van der Waals surface area contributed by atoms with Crippen molar-refractivity contribution in [3.8, 4) is 0 Å². The van der Waals surface area contributed by atoms with Gasteiger partial charge in [0.25, 0.3) is 0 Å². The van der Waals surface area contributed by atoms with Gasteiger partial charge in [0, 0.05) is 6.54 Å². The van der Waals surface area contributed by atoms with Gasteiger partial charge in [-0.25, -0.2) is 9.78 Å². The summed E-state index contributed by atoms with van der Waals surface area (Å²) in [5, 5.41) is 0. The van der Waals surface area contributed by atoms with E-state index in [-0.39, 0.29) is 25.2 Å². The third-order valence-corrected chi connectivity index (χ3v) is 3.77. The molecule has 0 spiro atoms. The molecule has 2 aromatic rings. The summed E-state index contributed by atoms with van der Waals surface area (Å²) in [6.07, 6.45) is 3.20. The number of rotatable bonds is 8. The topological polar surface area (TPSA) is 70.4 Å². The van der Waals surface area contributed by atoms with E-state index in [0.29, 0.717) is 6.54 Å². The van der Waals surface area contributed by atoms with E-state index in [9.17, 15) is 9.59 Å². The Kier molecular flexibility index (Phi) is 7.14. The van der Waals surface area contributed by atoms with E-state index in [1.54, 1.807) is 26.1 Å². The maximum absolute atomic E-state index is 12.2. The van der Waals surface area contributed by atoms with Crippen LogP contribution in [-0.4, -0.2) is 34.7 Å². The lowest BCUT2D eigenvalue weighted by molar-refractivity contribution is -0.145. The van der Waals surface area contributed by atoms with Crippen LogP contribution in [0.25, 0.3) is 6.08 Å². The van der Waals surface area contributed by atoms with E-state index in [0.717, 1.165) is 17.1 Å². The van der Waals surface area contributed by atoms with Crippen molar-refractivity contribution < 1.29 is 19.1 Å². The van der Waals surface area contributed by atoms with Crippen molar-refractivity contribution in [2.45, 2.75) is 33.7 Å². The average molecular weight is 356 g/mol. The number of carbonyl (C=O) groups is 2. The zero-order chi connectivity index (χ0) is 18.9. The SMILES string of the molecule is CCOC(=O)C/C(=C\c1cnc(C)n1Cc1ccccc1)C(=O)OCC. The highest BCUT2D eigenvalue weighted by Gasteiger charge is 2.17. The zero-order valence-corrected chi connectivity index (χ0v) is 15.4. The van der Waals surface area contributed by atoms with Gasteiger partial charge in [0.05, 0.1) is 37.1 Å². The molecule has 0 unspecified atom stereocenters. The first-order valence-corrected chi connectivity index (χ1v) is 8.64. The molecule has 138 valence electrons. The number of aryl methyl sites for hydroxylation is 1. The van der Waals surface area contributed by atoms with Crippen molar-refractivity contribution in [2.24, 2.45) is 0 Å². The summed E-state index contributed by atoms with van der Waals surface area (Å²) < 4.78 is 12.0. The summed E-state index contributed by atoms with van der Waals surface area (Å²) in [5.74, 6) is -0.164. The quantitative estimate of drug-likeness (QED) is 0.537. The number of hydrogen-bond donors (Lipinski definition) is 0. The van der Waals surface area contributed by atoms with Crippen LogP contribution >= 0.6 is 0 Å². The molecule has 0 atom stereocenters. The van der Waals surface area contributed by atoms with Crippen LogP contribution in [-0.2, 0) is 25.6 Å². The lowest BCUT2D eigenvalue weighted by Gasteiger charge is -2.10. The van der Waals surface area contributed by atoms with Crippen molar-refractivity contribution >= 4 is 18.0 Å². The second-order valence-corrected chi connectivity index (χ2v) is 5.67. The van der Waals surface area contributed by atoms with E-state index in [1.807, 2.05) is 41.8 Å². The average Bonchev–Trinajstić information content (AvgIpc) is 2.96. The summed E-state index contributed by atoms with van der Waals surface area (Å²) in [6.45, 7) is 6.47. The van der Waals surface area contributed by atoms with Gasteiger partial charge in [0.2, 0.25) is 0 Å². The minimum atomic E-state index is -0.523. The fourth-order valence-electron chi connectivity index (χ4n) is 2.52. The Hall–Kier alpha value is -2.89. The molecule has 0 aliphatic carbocycles. The standard InChI is InChI=1S/C20H24N2O4/c1-4-25-19(23)12-17(20(24)26-5-2)11-18-13-21-15(3)22(18)14-16-9-7-6-8-10-16/h6-11,13H,4-5,12,14H2,1-3H3/b17-11+. The molecule has 6 heteroatoms. The van der Waals surface area contributed by atoms with E-state index in [4.69, 9.17) is 9.47 Å². The van der Waals surface area contributed by atoms with Gasteiger partial charge in [-0.05, 0) is 32.4 Å². The zero-order valence-electron chi connectivity index (χ0n) is 15.4. The minimum absolute atomic E-state index is 0.137. The minimum Gasteiger partial charge on any atom is -0.466 e. The molecule has 0 saturated heterocycles. The van der Waals surface area contributed by atoms with Crippen molar-refractivity contribution in [3.63, 3.8) is 0 Å². The molecule has 26 heavy (non-hydrogen) atoms. The largest absolute Gasteiger partial charge is 0.466 e. The number of carbonyl (C=O) groups excluding carboxylic acids is 2. The molecular formula is C20H24N2O4. The smallest absolute Gasteiger partial charge is 0.334 e. The third kappa shape index (κ3) is 5.31. The second-order valence-electron chi connectivity index (χ2n) is 5.67. The summed E-state index contributed by atoms with van der Waals surface area (Å²) in [7, 11) is 0. The van der Waals surface area contributed by atoms with E-state index < -0.39 is 11.9 Å². The van der Waals surface area contributed by atoms with Crippen LogP contribution in [0.1, 0.15) is 37.4 Å². The highest BCUT2D eigenvalue weighted by atomic mass is 16.5. The van der Waals surface area contributed by atoms with Gasteiger partial charge in [0.15, 0.2) is 0 Å². The van der Waals surface area contributed by atoms with Crippen LogP contribution in [0.15, 0.2) is 42.1 Å². The maximum atomic E-state index is 12.2. The van der Waals surface area contributed by atoms with Gasteiger partial charge in [0.1, 0.15) is 5.82 Å². The Balaban J connectivity index is 2.33. The summed E-state index contributed by atoms with van der Waals surface area (Å²) in [6, 6.07) is 9.96. The Labute approximate surface area is 153 Å².